The number of carbonyl (C=O) groups is 2. The smallest absolute Gasteiger partial charge is 0.328 e. The standard InChI is InChI=1S/C13H20O4/c1-3-5-11(9-13(16)17)7-4-6-10(2)8-12(14)15/h8-9H,3-7H2,1-2H3,(H,14,15)(H,16,17)/b10-8-,11-9+. The Bertz CT molecular complexity index is 326. The van der Waals surface area contributed by atoms with Crippen LogP contribution in [-0.4, -0.2) is 22.2 Å². The molecule has 0 aromatic rings. The zero-order chi connectivity index (χ0) is 13.3. The Morgan fingerprint density at radius 2 is 1.59 bits per heavy atom. The average molecular weight is 240 g/mol. The minimum Gasteiger partial charge on any atom is -0.478 e. The van der Waals surface area contributed by atoms with Crippen LogP contribution in [0.1, 0.15) is 46.0 Å². The molecular weight excluding hydrogens is 220 g/mol. The molecule has 0 fully saturated rings. The summed E-state index contributed by atoms with van der Waals surface area (Å²) in [5.74, 6) is -1.84. The van der Waals surface area contributed by atoms with E-state index in [1.165, 1.54) is 12.2 Å². The average Bonchev–Trinajstić information content (AvgIpc) is 2.15. The highest BCUT2D eigenvalue weighted by Gasteiger charge is 2.01. The van der Waals surface area contributed by atoms with Crippen LogP contribution in [0.5, 0.6) is 0 Å². The predicted octanol–water partition coefficient (Wildman–Crippen LogP) is 3.00. The quantitative estimate of drug-likeness (QED) is 0.639. The van der Waals surface area contributed by atoms with Crippen molar-refractivity contribution < 1.29 is 19.8 Å². The largest absolute Gasteiger partial charge is 0.478 e. The molecule has 4 heteroatoms. The Labute approximate surface area is 102 Å². The Balaban J connectivity index is 4.15. The number of rotatable bonds is 8. The molecule has 0 aromatic carbocycles. The molecular formula is C13H20O4. The second-order valence-corrected chi connectivity index (χ2v) is 4.07. The van der Waals surface area contributed by atoms with Crippen molar-refractivity contribution in [1.29, 1.82) is 0 Å². The van der Waals surface area contributed by atoms with E-state index in [0.717, 1.165) is 30.4 Å². The Morgan fingerprint density at radius 1 is 1.00 bits per heavy atom. The molecule has 0 aromatic heterocycles. The molecule has 0 bridgehead atoms. The van der Waals surface area contributed by atoms with Crippen LogP contribution in [0.2, 0.25) is 0 Å². The first kappa shape index (κ1) is 15.4. The van der Waals surface area contributed by atoms with E-state index in [1.54, 1.807) is 6.92 Å². The van der Waals surface area contributed by atoms with Crippen molar-refractivity contribution >= 4 is 11.9 Å². The minimum absolute atomic E-state index is 0.687. The zero-order valence-corrected chi connectivity index (χ0v) is 10.4. The molecule has 0 saturated carbocycles. The van der Waals surface area contributed by atoms with Crippen molar-refractivity contribution in [2.75, 3.05) is 0 Å². The van der Waals surface area contributed by atoms with Crippen LogP contribution in [0.25, 0.3) is 0 Å². The van der Waals surface area contributed by atoms with Crippen molar-refractivity contribution in [2.24, 2.45) is 0 Å². The number of aliphatic carboxylic acids is 2. The van der Waals surface area contributed by atoms with Gasteiger partial charge in [-0.15, -0.1) is 0 Å². The fourth-order valence-electron chi connectivity index (χ4n) is 1.64. The molecule has 0 unspecified atom stereocenters. The van der Waals surface area contributed by atoms with Gasteiger partial charge in [-0.05, 0) is 32.6 Å². The highest BCUT2D eigenvalue weighted by atomic mass is 16.4. The molecule has 4 nitrogen and oxygen atoms in total. The van der Waals surface area contributed by atoms with Crippen LogP contribution >= 0.6 is 0 Å². The van der Waals surface area contributed by atoms with E-state index in [1.807, 2.05) is 6.92 Å². The lowest BCUT2D eigenvalue weighted by Gasteiger charge is -2.05. The number of carboxylic acids is 2. The maximum absolute atomic E-state index is 10.6. The Morgan fingerprint density at radius 3 is 2.06 bits per heavy atom. The summed E-state index contributed by atoms with van der Waals surface area (Å²) in [7, 11) is 0. The molecule has 0 aliphatic rings. The summed E-state index contributed by atoms with van der Waals surface area (Å²) in [6, 6.07) is 0. The van der Waals surface area contributed by atoms with Crippen LogP contribution < -0.4 is 0 Å². The second kappa shape index (κ2) is 8.56. The van der Waals surface area contributed by atoms with Gasteiger partial charge < -0.3 is 10.2 Å². The van der Waals surface area contributed by atoms with Crippen LogP contribution in [0, 0.1) is 0 Å². The summed E-state index contributed by atoms with van der Waals surface area (Å²) >= 11 is 0. The minimum atomic E-state index is -0.933. The van der Waals surface area contributed by atoms with Crippen LogP contribution in [0.15, 0.2) is 23.3 Å². The predicted molar refractivity (Wildman–Crippen MR) is 65.9 cm³/mol. The van der Waals surface area contributed by atoms with E-state index in [0.29, 0.717) is 12.8 Å². The maximum atomic E-state index is 10.6. The normalized spacial score (nSPS) is 12.6. The van der Waals surface area contributed by atoms with Gasteiger partial charge in [0, 0.05) is 12.2 Å². The maximum Gasteiger partial charge on any atom is 0.328 e. The lowest BCUT2D eigenvalue weighted by atomic mass is 10.0. The lowest BCUT2D eigenvalue weighted by molar-refractivity contribution is -0.132. The van der Waals surface area contributed by atoms with Crippen LogP contribution in [-0.2, 0) is 9.59 Å². The fourth-order valence-corrected chi connectivity index (χ4v) is 1.64. The first-order valence-corrected chi connectivity index (χ1v) is 5.78. The third kappa shape index (κ3) is 9.35. The van der Waals surface area contributed by atoms with Gasteiger partial charge in [-0.25, -0.2) is 9.59 Å². The van der Waals surface area contributed by atoms with Gasteiger partial charge >= 0.3 is 11.9 Å². The Kier molecular flexibility index (Phi) is 7.76. The van der Waals surface area contributed by atoms with Crippen molar-refractivity contribution in [3.05, 3.63) is 23.3 Å². The van der Waals surface area contributed by atoms with Gasteiger partial charge in [0.2, 0.25) is 0 Å². The van der Waals surface area contributed by atoms with Crippen molar-refractivity contribution in [3.8, 4) is 0 Å². The fraction of sp³-hybridized carbons (Fsp3) is 0.538. The summed E-state index contributed by atoms with van der Waals surface area (Å²) in [6.07, 6.45) is 6.35. The van der Waals surface area contributed by atoms with Crippen molar-refractivity contribution in [3.63, 3.8) is 0 Å². The molecule has 0 saturated heterocycles. The molecule has 0 aliphatic carbocycles. The van der Waals surface area contributed by atoms with Gasteiger partial charge in [0.1, 0.15) is 0 Å². The number of hydrogen-bond acceptors (Lipinski definition) is 2. The highest BCUT2D eigenvalue weighted by molar-refractivity contribution is 5.81. The summed E-state index contributed by atoms with van der Waals surface area (Å²) < 4.78 is 0. The summed E-state index contributed by atoms with van der Waals surface area (Å²) in [5, 5.41) is 17.2. The third-order valence-electron chi connectivity index (χ3n) is 2.34. The molecule has 2 N–H and O–H groups in total. The van der Waals surface area contributed by atoms with Crippen molar-refractivity contribution in [2.45, 2.75) is 46.0 Å². The number of hydrogen-bond donors (Lipinski definition) is 2. The summed E-state index contributed by atoms with van der Waals surface area (Å²) in [6.45, 7) is 3.78. The molecule has 0 heterocycles. The van der Waals surface area contributed by atoms with Gasteiger partial charge in [-0.2, -0.15) is 0 Å². The first-order valence-electron chi connectivity index (χ1n) is 5.78. The second-order valence-electron chi connectivity index (χ2n) is 4.07. The van der Waals surface area contributed by atoms with Crippen molar-refractivity contribution in [1.82, 2.24) is 0 Å². The molecule has 0 amide bonds. The highest BCUT2D eigenvalue weighted by Crippen LogP contribution is 2.16. The topological polar surface area (TPSA) is 74.6 Å². The molecule has 0 atom stereocenters. The van der Waals surface area contributed by atoms with Gasteiger partial charge in [-0.3, -0.25) is 0 Å². The number of carboxylic acid groups (broad SMARTS) is 2. The Hall–Kier alpha value is -1.58. The molecule has 17 heavy (non-hydrogen) atoms. The van der Waals surface area contributed by atoms with E-state index in [-0.39, 0.29) is 0 Å². The van der Waals surface area contributed by atoms with E-state index >= 15 is 0 Å². The molecule has 0 rings (SSSR count). The van der Waals surface area contributed by atoms with Gasteiger partial charge in [0.05, 0.1) is 0 Å². The molecule has 0 radical (unpaired) electrons. The van der Waals surface area contributed by atoms with Crippen LogP contribution in [0.3, 0.4) is 0 Å². The SMILES string of the molecule is CCC/C(=C\C(=O)O)CCC/C(C)=C\C(=O)O. The van der Waals surface area contributed by atoms with E-state index in [2.05, 4.69) is 0 Å². The van der Waals surface area contributed by atoms with E-state index in [4.69, 9.17) is 10.2 Å². The monoisotopic (exact) mass is 240 g/mol. The number of allylic oxidation sites excluding steroid dienone is 2. The molecule has 0 spiro atoms. The third-order valence-corrected chi connectivity index (χ3v) is 2.34. The van der Waals surface area contributed by atoms with Crippen LogP contribution in [0.4, 0.5) is 0 Å². The van der Waals surface area contributed by atoms with Gasteiger partial charge in [0.25, 0.3) is 0 Å². The van der Waals surface area contributed by atoms with E-state index in [9.17, 15) is 9.59 Å². The molecule has 96 valence electrons. The van der Waals surface area contributed by atoms with Gasteiger partial charge in [-0.1, -0.05) is 24.5 Å². The lowest BCUT2D eigenvalue weighted by Crippen LogP contribution is -1.94. The first-order chi connectivity index (χ1) is 7.95. The van der Waals surface area contributed by atoms with E-state index < -0.39 is 11.9 Å². The summed E-state index contributed by atoms with van der Waals surface area (Å²) in [5.41, 5.74) is 1.73. The van der Waals surface area contributed by atoms with Gasteiger partial charge in [0.15, 0.2) is 0 Å². The molecule has 0 aliphatic heterocycles. The zero-order valence-electron chi connectivity index (χ0n) is 10.4. The summed E-state index contributed by atoms with van der Waals surface area (Å²) in [4.78, 5) is 21.0.